The summed E-state index contributed by atoms with van der Waals surface area (Å²) >= 11 is 0. The van der Waals surface area contributed by atoms with Crippen LogP contribution in [0, 0.1) is 12.7 Å². The van der Waals surface area contributed by atoms with Gasteiger partial charge < -0.3 is 14.2 Å². The van der Waals surface area contributed by atoms with Crippen molar-refractivity contribution in [2.24, 2.45) is 0 Å². The molecule has 4 nitrogen and oxygen atoms in total. The summed E-state index contributed by atoms with van der Waals surface area (Å²) in [6.45, 7) is 9.44. The van der Waals surface area contributed by atoms with E-state index in [0.29, 0.717) is 0 Å². The second-order valence-electron chi connectivity index (χ2n) is 7.99. The molecule has 0 spiro atoms. The van der Waals surface area contributed by atoms with Gasteiger partial charge in [-0.3, -0.25) is 0 Å². The lowest BCUT2D eigenvalue weighted by atomic mass is 9.95. The maximum atomic E-state index is 13.3. The highest BCUT2D eigenvalue weighted by Crippen LogP contribution is 2.35. The number of ether oxygens (including phenoxy) is 1. The van der Waals surface area contributed by atoms with Crippen molar-refractivity contribution < 1.29 is 9.13 Å². The third-order valence-electron chi connectivity index (χ3n) is 5.92. The van der Waals surface area contributed by atoms with Gasteiger partial charge in [-0.05, 0) is 73.7 Å². The normalized spacial score (nSPS) is 16.6. The first-order valence-corrected chi connectivity index (χ1v) is 10.6. The molecule has 1 aliphatic rings. The van der Waals surface area contributed by atoms with Gasteiger partial charge in [-0.15, -0.1) is 0 Å². The van der Waals surface area contributed by atoms with Gasteiger partial charge in [0.1, 0.15) is 11.6 Å². The molecule has 0 radical (unpaired) electrons. The molecular weight excluding hydrogens is 389 g/mol. The molecule has 0 amide bonds. The first-order chi connectivity index (χ1) is 15.0. The Morgan fingerprint density at radius 1 is 1.19 bits per heavy atom. The Morgan fingerprint density at radius 2 is 1.97 bits per heavy atom. The Labute approximate surface area is 183 Å². The lowest BCUT2D eigenvalue weighted by Crippen LogP contribution is -2.31. The monoisotopic (exact) mass is 417 g/mol. The Bertz CT molecular complexity index is 1110. The van der Waals surface area contributed by atoms with Gasteiger partial charge in [0, 0.05) is 18.4 Å². The van der Waals surface area contributed by atoms with E-state index in [4.69, 9.17) is 4.74 Å². The summed E-state index contributed by atoms with van der Waals surface area (Å²) in [5.41, 5.74) is 6.32. The number of benzene rings is 2. The predicted molar refractivity (Wildman–Crippen MR) is 123 cm³/mol. The predicted octanol–water partition coefficient (Wildman–Crippen LogP) is 6.08. The van der Waals surface area contributed by atoms with Gasteiger partial charge in [0.05, 0.1) is 30.9 Å². The van der Waals surface area contributed by atoms with Crippen molar-refractivity contribution in [1.82, 2.24) is 14.5 Å². The smallest absolute Gasteiger partial charge is 0.143 e. The molecule has 0 saturated carbocycles. The first-order valence-electron chi connectivity index (χ1n) is 10.6. The molecule has 2 heterocycles. The van der Waals surface area contributed by atoms with Gasteiger partial charge in [-0.2, -0.15) is 0 Å². The maximum Gasteiger partial charge on any atom is 0.143 e. The number of halogens is 1. The molecule has 1 fully saturated rings. The Kier molecular flexibility index (Phi) is 5.94. The van der Waals surface area contributed by atoms with E-state index < -0.39 is 0 Å². The van der Waals surface area contributed by atoms with E-state index in [-0.39, 0.29) is 11.9 Å². The van der Waals surface area contributed by atoms with Crippen LogP contribution < -0.4 is 4.74 Å². The fourth-order valence-electron chi connectivity index (χ4n) is 4.16. The van der Waals surface area contributed by atoms with Gasteiger partial charge in [0.15, 0.2) is 0 Å². The molecule has 1 unspecified atom stereocenters. The van der Waals surface area contributed by atoms with Crippen LogP contribution in [0.25, 0.3) is 11.8 Å². The van der Waals surface area contributed by atoms with Crippen LogP contribution in [-0.4, -0.2) is 28.1 Å². The fourth-order valence-corrected chi connectivity index (χ4v) is 4.16. The zero-order chi connectivity index (χ0) is 22.0. The van der Waals surface area contributed by atoms with Gasteiger partial charge in [0.2, 0.25) is 0 Å². The van der Waals surface area contributed by atoms with Crippen molar-refractivity contribution in [3.8, 4) is 11.4 Å². The molecule has 3 aromatic rings. The van der Waals surface area contributed by atoms with E-state index in [9.17, 15) is 4.39 Å². The molecule has 160 valence electrons. The number of aromatic nitrogens is 2. The highest BCUT2D eigenvalue weighted by molar-refractivity contribution is 5.63. The average Bonchev–Trinajstić information content (AvgIpc) is 3.21. The van der Waals surface area contributed by atoms with Crippen molar-refractivity contribution in [2.75, 3.05) is 13.7 Å². The minimum Gasteiger partial charge on any atom is -0.495 e. The molecule has 0 aliphatic carbocycles. The zero-order valence-corrected chi connectivity index (χ0v) is 18.3. The van der Waals surface area contributed by atoms with Crippen LogP contribution in [-0.2, 0) is 0 Å². The maximum absolute atomic E-state index is 13.3. The molecule has 1 aromatic heterocycles. The molecule has 1 aliphatic heterocycles. The molecule has 1 atom stereocenters. The number of rotatable bonds is 5. The third-order valence-corrected chi connectivity index (χ3v) is 5.92. The SMILES string of the molecule is C=C1/C(=C/c2ccc(-n3cnc(C)c3)c(OC)c2)CCCN1C(C)c1ccc(F)cc1. The number of nitrogens with zero attached hydrogens (tertiary/aromatic N) is 3. The summed E-state index contributed by atoms with van der Waals surface area (Å²) in [6, 6.07) is 13.1. The van der Waals surface area contributed by atoms with Crippen LogP contribution in [0.3, 0.4) is 0 Å². The van der Waals surface area contributed by atoms with Crippen LogP contribution in [0.2, 0.25) is 0 Å². The number of hydrogen-bond donors (Lipinski definition) is 0. The molecule has 5 heteroatoms. The van der Waals surface area contributed by atoms with E-state index in [1.54, 1.807) is 13.4 Å². The van der Waals surface area contributed by atoms with Gasteiger partial charge >= 0.3 is 0 Å². The number of hydrogen-bond acceptors (Lipinski definition) is 3. The summed E-state index contributed by atoms with van der Waals surface area (Å²) in [5, 5.41) is 0. The summed E-state index contributed by atoms with van der Waals surface area (Å²) in [6.07, 6.45) is 8.00. The minimum absolute atomic E-state index is 0.137. The highest BCUT2D eigenvalue weighted by atomic mass is 19.1. The van der Waals surface area contributed by atoms with Crippen molar-refractivity contribution in [3.63, 3.8) is 0 Å². The van der Waals surface area contributed by atoms with Gasteiger partial charge in [-0.1, -0.05) is 24.8 Å². The topological polar surface area (TPSA) is 30.3 Å². The molecule has 1 saturated heterocycles. The number of likely N-dealkylation sites (tertiary alicyclic amines) is 1. The van der Waals surface area contributed by atoms with Crippen LogP contribution in [0.1, 0.15) is 42.6 Å². The van der Waals surface area contributed by atoms with Gasteiger partial charge in [0.25, 0.3) is 0 Å². The summed E-state index contributed by atoms with van der Waals surface area (Å²) in [4.78, 5) is 6.61. The molecular formula is C26H28FN3O. The Hall–Kier alpha value is -3.34. The van der Waals surface area contributed by atoms with Crippen LogP contribution >= 0.6 is 0 Å². The van der Waals surface area contributed by atoms with E-state index in [1.165, 1.54) is 17.7 Å². The van der Waals surface area contributed by atoms with E-state index in [1.807, 2.05) is 35.9 Å². The summed E-state index contributed by atoms with van der Waals surface area (Å²) in [5.74, 6) is 0.585. The zero-order valence-electron chi connectivity index (χ0n) is 18.3. The Morgan fingerprint density at radius 3 is 2.65 bits per heavy atom. The van der Waals surface area contributed by atoms with E-state index >= 15 is 0 Å². The second kappa shape index (κ2) is 8.80. The molecule has 4 rings (SSSR count). The fraction of sp³-hybridized carbons (Fsp3) is 0.269. The average molecular weight is 418 g/mol. The first kappa shape index (κ1) is 20.9. The number of aryl methyl sites for hydroxylation is 1. The molecule has 0 N–H and O–H groups in total. The largest absolute Gasteiger partial charge is 0.495 e. The van der Waals surface area contributed by atoms with E-state index in [2.05, 4.69) is 41.6 Å². The quantitative estimate of drug-likeness (QED) is 0.504. The summed E-state index contributed by atoms with van der Waals surface area (Å²) < 4.78 is 20.9. The van der Waals surface area contributed by atoms with Crippen LogP contribution in [0.5, 0.6) is 5.75 Å². The lowest BCUT2D eigenvalue weighted by molar-refractivity contribution is 0.256. The number of methoxy groups -OCH3 is 1. The molecule has 2 aromatic carbocycles. The number of imidazole rings is 1. The van der Waals surface area contributed by atoms with Crippen molar-refractivity contribution >= 4 is 6.08 Å². The molecule has 0 bridgehead atoms. The minimum atomic E-state index is -0.211. The molecule has 31 heavy (non-hydrogen) atoms. The summed E-state index contributed by atoms with van der Waals surface area (Å²) in [7, 11) is 1.69. The van der Waals surface area contributed by atoms with Crippen molar-refractivity contribution in [1.29, 1.82) is 0 Å². The van der Waals surface area contributed by atoms with E-state index in [0.717, 1.165) is 53.3 Å². The lowest BCUT2D eigenvalue weighted by Gasteiger charge is -2.38. The van der Waals surface area contributed by atoms with Crippen molar-refractivity contribution in [3.05, 3.63) is 95.5 Å². The third kappa shape index (κ3) is 4.41. The Balaban J connectivity index is 1.59. The number of piperidine rings is 1. The second-order valence-corrected chi connectivity index (χ2v) is 7.99. The van der Waals surface area contributed by atoms with Crippen LogP contribution in [0.4, 0.5) is 4.39 Å². The standard InChI is InChI=1S/C26H28FN3O/c1-18-16-29(17-28-18)25-12-7-21(15-26(25)31-4)14-23-6-5-13-30(20(23)3)19(2)22-8-10-24(27)11-9-22/h7-12,14-17,19H,3,5-6,13H2,1-2,4H3/b23-14+. The number of allylic oxidation sites excluding steroid dienone is 1. The van der Waals surface area contributed by atoms with Gasteiger partial charge in [-0.25, -0.2) is 9.37 Å². The van der Waals surface area contributed by atoms with Crippen molar-refractivity contribution in [2.45, 2.75) is 32.7 Å². The van der Waals surface area contributed by atoms with Crippen LogP contribution in [0.15, 0.2) is 72.8 Å². The highest BCUT2D eigenvalue weighted by Gasteiger charge is 2.23.